The van der Waals surface area contributed by atoms with Gasteiger partial charge in [-0.25, -0.2) is 0 Å². The van der Waals surface area contributed by atoms with Crippen molar-refractivity contribution in [2.75, 3.05) is 6.61 Å². The lowest BCUT2D eigenvalue weighted by Crippen LogP contribution is -2.15. The Balaban J connectivity index is 2.12. The monoisotopic (exact) mass is 142 g/mol. The molecule has 0 atom stereocenters. The Morgan fingerprint density at radius 1 is 1.11 bits per heavy atom. The maximum Gasteiger partial charge on any atom is 0.457 e. The van der Waals surface area contributed by atoms with Gasteiger partial charge in [-0.3, -0.25) is 0 Å². The van der Waals surface area contributed by atoms with Gasteiger partial charge in [-0.1, -0.05) is 30.3 Å². The van der Waals surface area contributed by atoms with Crippen LogP contribution < -0.4 is 0 Å². The van der Waals surface area contributed by atoms with Gasteiger partial charge in [0, 0.05) is 6.61 Å². The quantitative estimate of drug-likeness (QED) is 0.471. The van der Waals surface area contributed by atoms with Gasteiger partial charge >= 0.3 is 14.5 Å². The van der Waals surface area contributed by atoms with Crippen LogP contribution in [0.1, 0.15) is 25.7 Å². The second kappa shape index (κ2) is 4.33. The van der Waals surface area contributed by atoms with E-state index in [1.54, 1.807) is 0 Å². The molecule has 1 rings (SSSR count). The van der Waals surface area contributed by atoms with E-state index in [9.17, 15) is 0 Å². The van der Waals surface area contributed by atoms with E-state index in [0.29, 0.717) is 0 Å². The van der Waals surface area contributed by atoms with Crippen molar-refractivity contribution >= 4 is 14.5 Å². The summed E-state index contributed by atoms with van der Waals surface area (Å²) in [6.07, 6.45) is 5.56. The van der Waals surface area contributed by atoms with Crippen LogP contribution in [-0.2, 0) is 3.79 Å². The van der Waals surface area contributed by atoms with Crippen molar-refractivity contribution in [1.82, 2.24) is 0 Å². The largest absolute Gasteiger partial charge is 0.501 e. The van der Waals surface area contributed by atoms with E-state index in [4.69, 9.17) is 3.79 Å². The highest BCUT2D eigenvalue weighted by atomic mass is 27.2. The molecular formula is C7H15AlO. The first-order valence-electron chi connectivity index (χ1n) is 4.01. The van der Waals surface area contributed by atoms with Crippen LogP contribution in [-0.4, -0.2) is 21.1 Å². The zero-order chi connectivity index (χ0) is 6.53. The molecule has 0 unspecified atom stereocenters. The third kappa shape index (κ3) is 3.25. The topological polar surface area (TPSA) is 9.23 Å². The lowest BCUT2D eigenvalue weighted by molar-refractivity contribution is 0.299. The summed E-state index contributed by atoms with van der Waals surface area (Å²) in [7, 11) is 0. The molecule has 0 spiro atoms. The number of hydrogen-bond donors (Lipinski definition) is 0. The normalized spacial score (nSPS) is 23.0. The zero-order valence-electron chi connectivity index (χ0n) is 6.23. The second-order valence-corrected chi connectivity index (χ2v) is 5.42. The Bertz CT molecular complexity index is 67.3. The van der Waals surface area contributed by atoms with Crippen LogP contribution in [0.3, 0.4) is 0 Å². The molecule has 2 heteroatoms. The molecule has 52 valence electrons. The molecule has 1 saturated heterocycles. The van der Waals surface area contributed by atoms with Gasteiger partial charge in [0.2, 0.25) is 0 Å². The predicted octanol–water partition coefficient (Wildman–Crippen LogP) is 2.20. The maximum absolute atomic E-state index is 5.62. The first kappa shape index (κ1) is 7.60. The minimum absolute atomic E-state index is 0.669. The van der Waals surface area contributed by atoms with E-state index < -0.39 is 14.5 Å². The van der Waals surface area contributed by atoms with Gasteiger partial charge in [0.05, 0.1) is 0 Å². The molecule has 0 aliphatic carbocycles. The van der Waals surface area contributed by atoms with E-state index in [1.165, 1.54) is 31.0 Å². The van der Waals surface area contributed by atoms with Gasteiger partial charge in [0.25, 0.3) is 0 Å². The average molecular weight is 142 g/mol. The molecule has 0 aromatic rings. The van der Waals surface area contributed by atoms with Crippen molar-refractivity contribution in [3.8, 4) is 0 Å². The third-order valence-corrected chi connectivity index (χ3v) is 3.93. The van der Waals surface area contributed by atoms with Crippen LogP contribution in [0.2, 0.25) is 11.1 Å². The van der Waals surface area contributed by atoms with Gasteiger partial charge in [-0.15, -0.1) is 0 Å². The third-order valence-electron chi connectivity index (χ3n) is 1.91. The van der Waals surface area contributed by atoms with Crippen molar-refractivity contribution in [1.29, 1.82) is 0 Å². The summed E-state index contributed by atoms with van der Waals surface area (Å²) >= 11 is -0.669. The van der Waals surface area contributed by atoms with Gasteiger partial charge in [0.15, 0.2) is 0 Å². The Kier molecular flexibility index (Phi) is 3.66. The summed E-state index contributed by atoms with van der Waals surface area (Å²) in [5, 5.41) is 1.40. The van der Waals surface area contributed by atoms with Crippen LogP contribution in [0, 0.1) is 0 Å². The SMILES string of the molecule is [CH3][Al]1[CH2]CCCCC[O]1. The molecule has 0 aromatic heterocycles. The van der Waals surface area contributed by atoms with E-state index in [1.807, 2.05) is 0 Å². The molecule has 0 N–H and O–H groups in total. The van der Waals surface area contributed by atoms with Crippen LogP contribution in [0.5, 0.6) is 0 Å². The molecule has 0 amide bonds. The van der Waals surface area contributed by atoms with Crippen molar-refractivity contribution in [3.05, 3.63) is 0 Å². The van der Waals surface area contributed by atoms with Gasteiger partial charge in [-0.05, 0) is 6.42 Å². The average Bonchev–Trinajstić information content (AvgIpc) is 1.79. The molecule has 0 radical (unpaired) electrons. The maximum atomic E-state index is 5.62. The second-order valence-electron chi connectivity index (χ2n) is 2.88. The molecule has 1 fully saturated rings. The van der Waals surface area contributed by atoms with Crippen molar-refractivity contribution in [3.63, 3.8) is 0 Å². The number of rotatable bonds is 0. The number of hydrogen-bond acceptors (Lipinski definition) is 1. The molecule has 0 aromatic carbocycles. The smallest absolute Gasteiger partial charge is 0.457 e. The summed E-state index contributed by atoms with van der Waals surface area (Å²) in [6, 6.07) is 0. The summed E-state index contributed by atoms with van der Waals surface area (Å²) in [4.78, 5) is 0. The van der Waals surface area contributed by atoms with Crippen LogP contribution in [0.25, 0.3) is 0 Å². The molecule has 9 heavy (non-hydrogen) atoms. The molecule has 1 aliphatic rings. The minimum Gasteiger partial charge on any atom is -0.501 e. The van der Waals surface area contributed by atoms with Crippen LogP contribution in [0.4, 0.5) is 0 Å². The minimum atomic E-state index is -0.669. The van der Waals surface area contributed by atoms with Crippen LogP contribution in [0.15, 0.2) is 0 Å². The first-order chi connectivity index (χ1) is 4.39. The molecule has 1 nitrogen and oxygen atoms in total. The lowest BCUT2D eigenvalue weighted by Gasteiger charge is -2.12. The fourth-order valence-electron chi connectivity index (χ4n) is 1.26. The first-order valence-corrected chi connectivity index (χ1v) is 6.45. The summed E-state index contributed by atoms with van der Waals surface area (Å²) < 4.78 is 5.62. The van der Waals surface area contributed by atoms with E-state index >= 15 is 0 Å². The fourth-order valence-corrected chi connectivity index (χ4v) is 2.85. The standard InChI is InChI=1S/C6H12O.CH3.Al/c1-2-3-4-5-6-7;;/h1-6H2;1H3;/q-1;;+1. The zero-order valence-corrected chi connectivity index (χ0v) is 7.38. The highest BCUT2D eigenvalue weighted by Gasteiger charge is 2.13. The predicted molar refractivity (Wildman–Crippen MR) is 40.8 cm³/mol. The lowest BCUT2D eigenvalue weighted by atomic mass is 10.2. The Morgan fingerprint density at radius 3 is 2.78 bits per heavy atom. The fraction of sp³-hybridized carbons (Fsp3) is 1.00. The van der Waals surface area contributed by atoms with Crippen molar-refractivity contribution < 1.29 is 3.79 Å². The summed E-state index contributed by atoms with van der Waals surface area (Å²) in [5.74, 6) is 2.31. The van der Waals surface area contributed by atoms with E-state index in [2.05, 4.69) is 5.79 Å². The van der Waals surface area contributed by atoms with Crippen molar-refractivity contribution in [2.24, 2.45) is 0 Å². The van der Waals surface area contributed by atoms with Crippen LogP contribution >= 0.6 is 0 Å². The van der Waals surface area contributed by atoms with E-state index in [-0.39, 0.29) is 0 Å². The van der Waals surface area contributed by atoms with E-state index in [0.717, 1.165) is 6.61 Å². The molecule has 0 bridgehead atoms. The molecule has 0 saturated carbocycles. The molecule has 1 aliphatic heterocycles. The van der Waals surface area contributed by atoms with Gasteiger partial charge in [0.1, 0.15) is 0 Å². The Morgan fingerprint density at radius 2 is 1.89 bits per heavy atom. The van der Waals surface area contributed by atoms with Gasteiger partial charge in [-0.2, -0.15) is 0 Å². The molecule has 1 heterocycles. The highest BCUT2D eigenvalue weighted by Crippen LogP contribution is 2.11. The Hall–Kier alpha value is 0.492. The highest BCUT2D eigenvalue weighted by molar-refractivity contribution is 6.50. The van der Waals surface area contributed by atoms with Crippen molar-refractivity contribution in [2.45, 2.75) is 36.8 Å². The van der Waals surface area contributed by atoms with Gasteiger partial charge < -0.3 is 3.79 Å². The summed E-state index contributed by atoms with van der Waals surface area (Å²) in [6.45, 7) is 1.05. The summed E-state index contributed by atoms with van der Waals surface area (Å²) in [5.41, 5.74) is 0. The molecular weight excluding hydrogens is 127 g/mol. The Labute approximate surface area is 62.1 Å².